The molecule has 9 nitrogen and oxygen atoms in total. The molecule has 0 aromatic heterocycles. The number of allylic oxidation sites excluding steroid dienone is 21. The smallest absolute Gasteiger partial charge is 0.220 e. The van der Waals surface area contributed by atoms with Crippen LogP contribution in [0.3, 0.4) is 0 Å². The van der Waals surface area contributed by atoms with Crippen molar-refractivity contribution in [3.63, 3.8) is 0 Å². The van der Waals surface area contributed by atoms with E-state index in [2.05, 4.69) is 141 Å². The number of unbranched alkanes of at least 4 members (excludes halogenated alkanes) is 30. The van der Waals surface area contributed by atoms with Gasteiger partial charge in [-0.25, -0.2) is 0 Å². The molecule has 9 heteroatoms. The van der Waals surface area contributed by atoms with Crippen molar-refractivity contribution < 1.29 is 39.8 Å². The number of carbonyl (C=O) groups excluding carboxylic acids is 1. The van der Waals surface area contributed by atoms with Crippen LogP contribution >= 0.6 is 0 Å². The van der Waals surface area contributed by atoms with Gasteiger partial charge in [-0.1, -0.05) is 308 Å². The van der Waals surface area contributed by atoms with Gasteiger partial charge in [0.1, 0.15) is 24.4 Å². The van der Waals surface area contributed by atoms with Crippen LogP contribution in [-0.4, -0.2) is 87.5 Å². The Morgan fingerprint density at radius 1 is 0.407 bits per heavy atom. The number of ether oxygens (including phenoxy) is 2. The Balaban J connectivity index is 2.21. The van der Waals surface area contributed by atoms with Gasteiger partial charge in [-0.05, 0) is 109 Å². The fourth-order valence-corrected chi connectivity index (χ4v) is 10.4. The van der Waals surface area contributed by atoms with E-state index >= 15 is 0 Å². The van der Waals surface area contributed by atoms with Gasteiger partial charge in [-0.3, -0.25) is 4.79 Å². The molecule has 86 heavy (non-hydrogen) atoms. The number of hydrogen-bond donors (Lipinski definition) is 6. The third-order valence-electron chi connectivity index (χ3n) is 15.9. The van der Waals surface area contributed by atoms with Crippen molar-refractivity contribution in [3.05, 3.63) is 134 Å². The molecule has 1 saturated heterocycles. The van der Waals surface area contributed by atoms with Crippen molar-refractivity contribution >= 4 is 5.91 Å². The molecule has 0 aliphatic carbocycles. The molecule has 7 atom stereocenters. The highest BCUT2D eigenvalue weighted by atomic mass is 16.7. The summed E-state index contributed by atoms with van der Waals surface area (Å²) in [7, 11) is 0. The molecule has 1 aliphatic heterocycles. The van der Waals surface area contributed by atoms with Crippen molar-refractivity contribution in [1.29, 1.82) is 0 Å². The van der Waals surface area contributed by atoms with E-state index in [4.69, 9.17) is 9.47 Å². The zero-order chi connectivity index (χ0) is 62.1. The minimum Gasteiger partial charge on any atom is -0.394 e. The predicted molar refractivity (Wildman–Crippen MR) is 368 cm³/mol. The number of amides is 1. The highest BCUT2D eigenvalue weighted by Gasteiger charge is 2.44. The number of hydrogen-bond acceptors (Lipinski definition) is 8. The van der Waals surface area contributed by atoms with Gasteiger partial charge >= 0.3 is 0 Å². The van der Waals surface area contributed by atoms with Crippen LogP contribution in [0.5, 0.6) is 0 Å². The topological polar surface area (TPSA) is 149 Å². The van der Waals surface area contributed by atoms with E-state index in [1.807, 2.05) is 6.08 Å². The van der Waals surface area contributed by atoms with Gasteiger partial charge < -0.3 is 40.3 Å². The predicted octanol–water partition coefficient (Wildman–Crippen LogP) is 19.6. The van der Waals surface area contributed by atoms with Crippen molar-refractivity contribution in [2.75, 3.05) is 13.2 Å². The van der Waals surface area contributed by atoms with Crippen LogP contribution in [0.25, 0.3) is 0 Å². The lowest BCUT2D eigenvalue weighted by Crippen LogP contribution is -2.60. The molecule has 0 saturated carbocycles. The summed E-state index contributed by atoms with van der Waals surface area (Å²) < 4.78 is 11.3. The molecule has 0 aromatic carbocycles. The number of aliphatic hydroxyl groups excluding tert-OH is 5. The molecule has 1 aliphatic rings. The summed E-state index contributed by atoms with van der Waals surface area (Å²) in [4.78, 5) is 13.1. The molecule has 1 amide bonds. The van der Waals surface area contributed by atoms with Crippen molar-refractivity contribution in [3.8, 4) is 0 Å². The second-order valence-electron chi connectivity index (χ2n) is 23.9. The lowest BCUT2D eigenvalue weighted by atomic mass is 9.99. The number of rotatable bonds is 60. The Kier molecular flexibility index (Phi) is 60.1. The first-order valence-corrected chi connectivity index (χ1v) is 35.4. The Morgan fingerprint density at radius 3 is 1.12 bits per heavy atom. The van der Waals surface area contributed by atoms with E-state index in [0.29, 0.717) is 6.42 Å². The average molecular weight is 1200 g/mol. The maximum Gasteiger partial charge on any atom is 0.220 e. The molecular weight excluding hydrogens is 1070 g/mol. The van der Waals surface area contributed by atoms with Gasteiger partial charge in [0, 0.05) is 6.42 Å². The Morgan fingerprint density at radius 2 is 0.733 bits per heavy atom. The quantitative estimate of drug-likeness (QED) is 0.0261. The largest absolute Gasteiger partial charge is 0.394 e. The number of carbonyl (C=O) groups is 1. The van der Waals surface area contributed by atoms with E-state index < -0.39 is 49.5 Å². The van der Waals surface area contributed by atoms with Crippen LogP contribution in [0.1, 0.15) is 290 Å². The normalized spacial score (nSPS) is 18.9. The van der Waals surface area contributed by atoms with Gasteiger partial charge in [0.2, 0.25) is 5.91 Å². The average Bonchev–Trinajstić information content (AvgIpc) is 3.59. The first kappa shape index (κ1) is 80.3. The number of aliphatic hydroxyl groups is 5. The molecule has 0 aromatic rings. The molecule has 1 heterocycles. The van der Waals surface area contributed by atoms with Gasteiger partial charge in [0.05, 0.1) is 25.4 Å². The zero-order valence-corrected chi connectivity index (χ0v) is 55.0. The molecule has 492 valence electrons. The summed E-state index contributed by atoms with van der Waals surface area (Å²) in [5.74, 6) is -0.209. The fraction of sp³-hybridized carbons (Fsp3) is 0.701. The second-order valence-corrected chi connectivity index (χ2v) is 23.9. The summed E-state index contributed by atoms with van der Waals surface area (Å²) >= 11 is 0. The van der Waals surface area contributed by atoms with Crippen LogP contribution in [0.4, 0.5) is 0 Å². The molecule has 1 rings (SSSR count). The van der Waals surface area contributed by atoms with Crippen LogP contribution in [-0.2, 0) is 14.3 Å². The van der Waals surface area contributed by atoms with E-state index in [9.17, 15) is 30.3 Å². The lowest BCUT2D eigenvalue weighted by molar-refractivity contribution is -0.302. The van der Waals surface area contributed by atoms with E-state index in [0.717, 1.165) is 128 Å². The van der Waals surface area contributed by atoms with Gasteiger partial charge in [0.25, 0.3) is 0 Å². The zero-order valence-electron chi connectivity index (χ0n) is 55.0. The Labute approximate surface area is 528 Å². The van der Waals surface area contributed by atoms with E-state index in [-0.39, 0.29) is 12.5 Å². The van der Waals surface area contributed by atoms with Gasteiger partial charge in [-0.2, -0.15) is 0 Å². The minimum atomic E-state index is -1.59. The first-order chi connectivity index (χ1) is 42.3. The molecular formula is C77H131NO8. The van der Waals surface area contributed by atoms with Crippen LogP contribution in [0.2, 0.25) is 0 Å². The van der Waals surface area contributed by atoms with E-state index in [1.54, 1.807) is 6.08 Å². The Bertz CT molecular complexity index is 1820. The van der Waals surface area contributed by atoms with Crippen molar-refractivity contribution in [1.82, 2.24) is 5.32 Å². The summed E-state index contributed by atoms with van der Waals surface area (Å²) in [6.45, 7) is 3.65. The summed E-state index contributed by atoms with van der Waals surface area (Å²) in [6, 6.07) is -0.849. The van der Waals surface area contributed by atoms with Crippen molar-refractivity contribution in [2.24, 2.45) is 0 Å². The minimum absolute atomic E-state index is 0.209. The number of nitrogens with one attached hydrogen (secondary N) is 1. The summed E-state index contributed by atoms with van der Waals surface area (Å²) in [5.41, 5.74) is 0. The second kappa shape index (κ2) is 64.3. The molecule has 0 bridgehead atoms. The molecule has 0 radical (unpaired) electrons. The monoisotopic (exact) mass is 1200 g/mol. The maximum absolute atomic E-state index is 13.1. The van der Waals surface area contributed by atoms with Gasteiger partial charge in [0.15, 0.2) is 6.29 Å². The first-order valence-electron chi connectivity index (χ1n) is 35.4. The lowest BCUT2D eigenvalue weighted by Gasteiger charge is -2.40. The highest BCUT2D eigenvalue weighted by Crippen LogP contribution is 2.23. The standard InChI is InChI=1S/C77H131NO8/c1-3-5-7-9-11-13-15-17-19-21-23-25-27-29-31-33-35-37-38-40-42-44-46-48-50-52-54-56-58-60-62-64-66-71(80)70(69-85-77-76(84)75(83)74(82)72(68-79)86-77)78-73(81)67-65-63-61-59-57-55-53-51-49-47-45-43-41-39-36-34-32-30-28-26-24-22-20-18-16-14-12-10-8-6-4-2/h6,8,12,14,18,20,24,26,30,32,36,39,43,45,48-51,56,58,64,66,70-72,74-77,79-80,82-84H,3-5,7,9-11,13,15-17,19,21-23,25,27-29,31,33-35,37-38,40-42,44,46-47,52-55,57,59-63,65,67-69H2,1-2H3,(H,78,81)/b8-6-,14-12-,20-18-,26-24-,32-30-,39-36-,45-43-,50-48+,51-49-,58-56+,66-64+. The van der Waals surface area contributed by atoms with E-state index in [1.165, 1.54) is 141 Å². The van der Waals surface area contributed by atoms with Crippen molar-refractivity contribution in [2.45, 2.75) is 333 Å². The van der Waals surface area contributed by atoms with Crippen LogP contribution in [0, 0.1) is 0 Å². The van der Waals surface area contributed by atoms with Gasteiger partial charge in [-0.15, -0.1) is 0 Å². The molecule has 7 unspecified atom stereocenters. The van der Waals surface area contributed by atoms with Crippen LogP contribution < -0.4 is 5.32 Å². The summed E-state index contributed by atoms with van der Waals surface area (Å²) in [5, 5.41) is 54.7. The molecule has 1 fully saturated rings. The SMILES string of the molecule is CC/C=C\C/C=C\C/C=C\C/C=C\C/C=C\C/C=C\C/C=C\C/C=C\CCCCCCCCC(=O)NC(COC1OC(CO)C(O)C(O)C1O)C(O)/C=C/CC/C=C/CC/C=C/CCCCCCCCCCCCCCCCCCCCCCCC. The van der Waals surface area contributed by atoms with Crippen LogP contribution in [0.15, 0.2) is 134 Å². The molecule has 6 N–H and O–H groups in total. The third-order valence-corrected chi connectivity index (χ3v) is 15.9. The fourth-order valence-electron chi connectivity index (χ4n) is 10.4. The molecule has 0 spiro atoms. The highest BCUT2D eigenvalue weighted by molar-refractivity contribution is 5.76. The Hall–Kier alpha value is -3.67. The summed E-state index contributed by atoms with van der Waals surface area (Å²) in [6.07, 6.45) is 91.3. The maximum atomic E-state index is 13.1. The third kappa shape index (κ3) is 52.3.